The van der Waals surface area contributed by atoms with Crippen molar-refractivity contribution in [3.63, 3.8) is 0 Å². The number of carbonyl (C=O) groups excluding carboxylic acids is 2. The highest BCUT2D eigenvalue weighted by Gasteiger charge is 2.02. The van der Waals surface area contributed by atoms with Crippen molar-refractivity contribution < 1.29 is 23.8 Å². The molecule has 0 atom stereocenters. The standard InChI is InChI=1S/C10H12O3.C3H6O2.C2H6/c1-8(11)13-7-9-5-3-4-6-10(9)12-2;1-3(4)5-2;1-2/h3-6H,7H2,1-2H3;1-2H3;1-2H3. The maximum Gasteiger partial charge on any atom is 0.302 e. The Morgan fingerprint density at radius 1 is 1.00 bits per heavy atom. The van der Waals surface area contributed by atoms with Gasteiger partial charge in [-0.1, -0.05) is 32.0 Å². The van der Waals surface area contributed by atoms with E-state index in [2.05, 4.69) is 4.74 Å². The first-order valence-corrected chi connectivity index (χ1v) is 6.31. The Balaban J connectivity index is 0. The average molecular weight is 284 g/mol. The third kappa shape index (κ3) is 11.1. The molecule has 0 bridgehead atoms. The Bertz CT molecular complexity index is 388. The predicted octanol–water partition coefficient (Wildman–Crippen LogP) is 2.96. The fourth-order valence-corrected chi connectivity index (χ4v) is 1.00. The topological polar surface area (TPSA) is 61.8 Å². The summed E-state index contributed by atoms with van der Waals surface area (Å²) in [4.78, 5) is 20.1. The van der Waals surface area contributed by atoms with Crippen molar-refractivity contribution in [2.75, 3.05) is 14.2 Å². The van der Waals surface area contributed by atoms with Crippen LogP contribution >= 0.6 is 0 Å². The van der Waals surface area contributed by atoms with Gasteiger partial charge in [-0.15, -0.1) is 0 Å². The van der Waals surface area contributed by atoms with Crippen LogP contribution in [0.2, 0.25) is 0 Å². The van der Waals surface area contributed by atoms with Gasteiger partial charge in [-0.25, -0.2) is 0 Å². The third-order valence-electron chi connectivity index (χ3n) is 1.91. The fourth-order valence-electron chi connectivity index (χ4n) is 1.00. The molecular formula is C15H24O5. The van der Waals surface area contributed by atoms with Gasteiger partial charge in [0.15, 0.2) is 0 Å². The van der Waals surface area contributed by atoms with Gasteiger partial charge >= 0.3 is 11.9 Å². The maximum absolute atomic E-state index is 10.6. The van der Waals surface area contributed by atoms with E-state index in [1.54, 1.807) is 7.11 Å². The number of benzene rings is 1. The van der Waals surface area contributed by atoms with E-state index in [0.717, 1.165) is 11.3 Å². The van der Waals surface area contributed by atoms with Crippen LogP contribution in [0.25, 0.3) is 0 Å². The van der Waals surface area contributed by atoms with Crippen molar-refractivity contribution in [3.05, 3.63) is 29.8 Å². The summed E-state index contributed by atoms with van der Waals surface area (Å²) >= 11 is 0. The largest absolute Gasteiger partial charge is 0.496 e. The van der Waals surface area contributed by atoms with Crippen LogP contribution in [-0.2, 0) is 25.7 Å². The second-order valence-electron chi connectivity index (χ2n) is 3.29. The first kappa shape index (κ1) is 20.3. The number of para-hydroxylation sites is 1. The lowest BCUT2D eigenvalue weighted by Gasteiger charge is -2.07. The maximum atomic E-state index is 10.6. The monoisotopic (exact) mass is 284 g/mol. The van der Waals surface area contributed by atoms with Crippen molar-refractivity contribution in [2.45, 2.75) is 34.3 Å². The third-order valence-corrected chi connectivity index (χ3v) is 1.91. The van der Waals surface area contributed by atoms with Gasteiger partial charge in [-0.05, 0) is 6.07 Å². The molecule has 0 radical (unpaired) electrons. The zero-order chi connectivity index (χ0) is 16.0. The van der Waals surface area contributed by atoms with E-state index in [1.165, 1.54) is 21.0 Å². The first-order chi connectivity index (χ1) is 9.51. The van der Waals surface area contributed by atoms with Gasteiger partial charge in [0.2, 0.25) is 0 Å². The molecule has 1 rings (SSSR count). The summed E-state index contributed by atoms with van der Waals surface area (Å²) < 4.78 is 14.0. The van der Waals surface area contributed by atoms with Gasteiger partial charge in [-0.2, -0.15) is 0 Å². The Labute approximate surface area is 120 Å². The molecule has 114 valence electrons. The molecule has 0 aromatic heterocycles. The molecule has 0 spiro atoms. The van der Waals surface area contributed by atoms with Gasteiger partial charge in [0.25, 0.3) is 0 Å². The minimum Gasteiger partial charge on any atom is -0.496 e. The Kier molecular flexibility index (Phi) is 13.6. The number of rotatable bonds is 3. The van der Waals surface area contributed by atoms with Gasteiger partial charge in [0.1, 0.15) is 12.4 Å². The van der Waals surface area contributed by atoms with Crippen molar-refractivity contribution >= 4 is 11.9 Å². The summed E-state index contributed by atoms with van der Waals surface area (Å²) in [5, 5.41) is 0. The zero-order valence-electron chi connectivity index (χ0n) is 13.1. The molecule has 1 aromatic rings. The predicted molar refractivity (Wildman–Crippen MR) is 77.5 cm³/mol. The summed E-state index contributed by atoms with van der Waals surface area (Å²) in [7, 11) is 2.94. The minimum atomic E-state index is -0.286. The summed E-state index contributed by atoms with van der Waals surface area (Å²) in [6.45, 7) is 7.01. The lowest BCUT2D eigenvalue weighted by Crippen LogP contribution is -2.00. The number of hydrogen-bond donors (Lipinski definition) is 0. The summed E-state index contributed by atoms with van der Waals surface area (Å²) in [5.41, 5.74) is 0.875. The van der Waals surface area contributed by atoms with Crippen LogP contribution in [0.15, 0.2) is 24.3 Å². The number of methoxy groups -OCH3 is 2. The van der Waals surface area contributed by atoms with Crippen molar-refractivity contribution in [1.29, 1.82) is 0 Å². The van der Waals surface area contributed by atoms with Gasteiger partial charge in [0, 0.05) is 19.4 Å². The Hall–Kier alpha value is -2.04. The average Bonchev–Trinajstić information content (AvgIpc) is 2.48. The lowest BCUT2D eigenvalue weighted by molar-refractivity contribution is -0.142. The summed E-state index contributed by atoms with van der Waals surface area (Å²) in [6.07, 6.45) is 0. The Morgan fingerprint density at radius 2 is 1.50 bits per heavy atom. The molecule has 0 heterocycles. The molecule has 0 amide bonds. The van der Waals surface area contributed by atoms with Gasteiger partial charge < -0.3 is 14.2 Å². The quantitative estimate of drug-likeness (QED) is 0.798. The molecule has 0 saturated heterocycles. The van der Waals surface area contributed by atoms with Crippen LogP contribution in [0.5, 0.6) is 5.75 Å². The molecule has 0 aliphatic carbocycles. The number of ether oxygens (including phenoxy) is 3. The second kappa shape index (κ2) is 13.4. The van der Waals surface area contributed by atoms with E-state index in [0.29, 0.717) is 0 Å². The molecule has 5 heteroatoms. The molecule has 0 aliphatic rings. The summed E-state index contributed by atoms with van der Waals surface area (Å²) in [6, 6.07) is 7.44. The van der Waals surface area contributed by atoms with Crippen LogP contribution in [0.1, 0.15) is 33.3 Å². The smallest absolute Gasteiger partial charge is 0.302 e. The number of hydrogen-bond acceptors (Lipinski definition) is 5. The molecule has 0 aliphatic heterocycles. The fraction of sp³-hybridized carbons (Fsp3) is 0.467. The van der Waals surface area contributed by atoms with Gasteiger partial charge in [0.05, 0.1) is 14.2 Å². The van der Waals surface area contributed by atoms with E-state index in [-0.39, 0.29) is 18.5 Å². The molecule has 5 nitrogen and oxygen atoms in total. The highest BCUT2D eigenvalue weighted by molar-refractivity contribution is 5.66. The molecule has 0 unspecified atom stereocenters. The van der Waals surface area contributed by atoms with E-state index in [1.807, 2.05) is 38.1 Å². The van der Waals surface area contributed by atoms with E-state index in [9.17, 15) is 9.59 Å². The Morgan fingerprint density at radius 3 is 1.90 bits per heavy atom. The zero-order valence-corrected chi connectivity index (χ0v) is 13.1. The van der Waals surface area contributed by atoms with Crippen molar-refractivity contribution in [2.24, 2.45) is 0 Å². The normalized spacial score (nSPS) is 8.10. The molecule has 0 saturated carbocycles. The van der Waals surface area contributed by atoms with Crippen LogP contribution in [0.4, 0.5) is 0 Å². The molecular weight excluding hydrogens is 260 g/mol. The van der Waals surface area contributed by atoms with E-state index in [4.69, 9.17) is 9.47 Å². The molecule has 0 N–H and O–H groups in total. The van der Waals surface area contributed by atoms with Crippen molar-refractivity contribution in [1.82, 2.24) is 0 Å². The van der Waals surface area contributed by atoms with E-state index < -0.39 is 0 Å². The molecule has 0 fully saturated rings. The minimum absolute atomic E-state index is 0.245. The SMILES string of the molecule is CC.COC(C)=O.COc1ccccc1COC(C)=O. The van der Waals surface area contributed by atoms with Crippen molar-refractivity contribution in [3.8, 4) is 5.75 Å². The highest BCUT2D eigenvalue weighted by atomic mass is 16.5. The van der Waals surface area contributed by atoms with Crippen LogP contribution in [0, 0.1) is 0 Å². The highest BCUT2D eigenvalue weighted by Crippen LogP contribution is 2.17. The number of esters is 2. The number of carbonyl (C=O) groups is 2. The van der Waals surface area contributed by atoms with Gasteiger partial charge in [-0.3, -0.25) is 9.59 Å². The van der Waals surface area contributed by atoms with E-state index >= 15 is 0 Å². The van der Waals surface area contributed by atoms with Crippen LogP contribution in [0.3, 0.4) is 0 Å². The lowest BCUT2D eigenvalue weighted by atomic mass is 10.2. The van der Waals surface area contributed by atoms with Crippen LogP contribution < -0.4 is 4.74 Å². The second-order valence-corrected chi connectivity index (χ2v) is 3.29. The molecule has 1 aromatic carbocycles. The molecule has 20 heavy (non-hydrogen) atoms. The van der Waals surface area contributed by atoms with Crippen LogP contribution in [-0.4, -0.2) is 26.2 Å². The first-order valence-electron chi connectivity index (χ1n) is 6.31. The summed E-state index contributed by atoms with van der Waals surface area (Å²) in [5.74, 6) is 0.208.